The Labute approximate surface area is 313 Å². The van der Waals surface area contributed by atoms with Crippen molar-refractivity contribution in [1.82, 2.24) is 40.5 Å². The highest BCUT2D eigenvalue weighted by molar-refractivity contribution is 5.80. The molecule has 4 N–H and O–H groups in total. The average Bonchev–Trinajstić information content (AvgIpc) is 3.79. The third-order valence-electron chi connectivity index (χ3n) is 10.6. The van der Waals surface area contributed by atoms with Crippen LogP contribution in [0.2, 0.25) is 0 Å². The molecule has 6 rings (SSSR count). The third kappa shape index (κ3) is 9.18. The molecule has 2 fully saturated rings. The van der Waals surface area contributed by atoms with Gasteiger partial charge in [0, 0.05) is 43.1 Å². The Hall–Kier alpha value is -4.62. The number of alkyl halides is 4. The van der Waals surface area contributed by atoms with Crippen molar-refractivity contribution in [3.05, 3.63) is 60.7 Å². The largest absolute Gasteiger partial charge is 0.345 e. The quantitative estimate of drug-likeness (QED) is 0.126. The van der Waals surface area contributed by atoms with E-state index in [0.29, 0.717) is 28.7 Å². The first-order valence-electron chi connectivity index (χ1n) is 18.7. The minimum atomic E-state index is -2.70. The van der Waals surface area contributed by atoms with Crippen LogP contribution in [0.5, 0.6) is 0 Å². The Kier molecular flexibility index (Phi) is 10.8. The van der Waals surface area contributed by atoms with E-state index in [0.717, 1.165) is 16.8 Å². The van der Waals surface area contributed by atoms with Gasteiger partial charge < -0.3 is 20.6 Å². The van der Waals surface area contributed by atoms with Gasteiger partial charge in [-0.1, -0.05) is 65.8 Å². The summed E-state index contributed by atoms with van der Waals surface area (Å²) in [5.41, 5.74) is 3.53. The molecule has 3 aromatic heterocycles. The van der Waals surface area contributed by atoms with Crippen molar-refractivity contribution in [2.45, 2.75) is 117 Å². The lowest BCUT2D eigenvalue weighted by Crippen LogP contribution is -2.42. The van der Waals surface area contributed by atoms with Crippen molar-refractivity contribution in [1.29, 1.82) is 0 Å². The van der Waals surface area contributed by atoms with E-state index >= 15 is 0 Å². The molecule has 290 valence electrons. The molecule has 54 heavy (non-hydrogen) atoms. The number of benzene rings is 1. The Balaban J connectivity index is 1.10. The van der Waals surface area contributed by atoms with Gasteiger partial charge >= 0.3 is 0 Å². The van der Waals surface area contributed by atoms with Crippen LogP contribution >= 0.6 is 0 Å². The SMILES string of the molecule is CC(C)(C)C(NC(=O)C1CCC(F)(F)CC1)c1ncc(-c2ccc(-c3cnc(-c4cnc(C(NC(=O)C5CCC(F)(F)CC5)C(C)(C)C)[nH]4)cn3)cc2)[nH]1. The Bertz CT molecular complexity index is 1770. The van der Waals surface area contributed by atoms with Gasteiger partial charge in [0.05, 0.1) is 54.0 Å². The minimum absolute atomic E-state index is 0.156. The molecule has 2 atom stereocenters. The fourth-order valence-electron chi connectivity index (χ4n) is 7.20. The zero-order valence-corrected chi connectivity index (χ0v) is 31.7. The van der Waals surface area contributed by atoms with E-state index in [1.807, 2.05) is 65.8 Å². The van der Waals surface area contributed by atoms with E-state index < -0.39 is 41.2 Å². The first-order valence-corrected chi connectivity index (χ1v) is 18.7. The summed E-state index contributed by atoms with van der Waals surface area (Å²) in [5, 5.41) is 6.14. The van der Waals surface area contributed by atoms with Crippen LogP contribution in [0.15, 0.2) is 49.1 Å². The van der Waals surface area contributed by atoms with E-state index in [1.54, 1.807) is 24.8 Å². The summed E-state index contributed by atoms with van der Waals surface area (Å²) >= 11 is 0. The molecular formula is C40H50F4N8O2. The molecule has 0 saturated heterocycles. The van der Waals surface area contributed by atoms with Gasteiger partial charge in [0.15, 0.2) is 0 Å². The van der Waals surface area contributed by atoms with E-state index in [2.05, 4.69) is 40.5 Å². The van der Waals surface area contributed by atoms with E-state index in [-0.39, 0.29) is 68.6 Å². The number of nitrogens with one attached hydrogen (secondary N) is 4. The summed E-state index contributed by atoms with van der Waals surface area (Å²) in [7, 11) is 0. The molecule has 14 heteroatoms. The second kappa shape index (κ2) is 14.9. The van der Waals surface area contributed by atoms with Crippen molar-refractivity contribution in [2.75, 3.05) is 0 Å². The second-order valence-corrected chi connectivity index (χ2v) is 17.1. The van der Waals surface area contributed by atoms with Crippen molar-refractivity contribution in [3.8, 4) is 33.9 Å². The van der Waals surface area contributed by atoms with Crippen molar-refractivity contribution < 1.29 is 27.2 Å². The molecule has 0 radical (unpaired) electrons. The fraction of sp³-hybridized carbons (Fsp3) is 0.550. The van der Waals surface area contributed by atoms with Gasteiger partial charge in [-0.15, -0.1) is 0 Å². The number of hydrogen-bond acceptors (Lipinski definition) is 6. The lowest BCUT2D eigenvalue weighted by atomic mass is 9.83. The zero-order chi connectivity index (χ0) is 39.1. The molecule has 2 saturated carbocycles. The van der Waals surface area contributed by atoms with Gasteiger partial charge in [-0.25, -0.2) is 27.5 Å². The Morgan fingerprint density at radius 1 is 0.611 bits per heavy atom. The number of halogens is 4. The van der Waals surface area contributed by atoms with Crippen LogP contribution in [0.1, 0.15) is 117 Å². The van der Waals surface area contributed by atoms with Gasteiger partial charge in [-0.05, 0) is 42.1 Å². The first-order chi connectivity index (χ1) is 25.3. The zero-order valence-electron chi connectivity index (χ0n) is 31.7. The van der Waals surface area contributed by atoms with E-state index in [9.17, 15) is 27.2 Å². The summed E-state index contributed by atoms with van der Waals surface area (Å²) < 4.78 is 54.7. The number of amides is 2. The van der Waals surface area contributed by atoms with Crippen LogP contribution in [0.4, 0.5) is 17.6 Å². The lowest BCUT2D eigenvalue weighted by Gasteiger charge is -2.33. The molecule has 2 amide bonds. The van der Waals surface area contributed by atoms with Crippen molar-refractivity contribution in [2.24, 2.45) is 22.7 Å². The summed E-state index contributed by atoms with van der Waals surface area (Å²) in [5.74, 6) is -5.63. The summed E-state index contributed by atoms with van der Waals surface area (Å²) in [6, 6.07) is 6.82. The predicted octanol–water partition coefficient (Wildman–Crippen LogP) is 8.98. The van der Waals surface area contributed by atoms with Crippen LogP contribution < -0.4 is 10.6 Å². The van der Waals surface area contributed by atoms with Gasteiger partial charge in [0.1, 0.15) is 17.3 Å². The number of aromatic amines is 2. The highest BCUT2D eigenvalue weighted by Crippen LogP contribution is 2.40. The molecule has 0 bridgehead atoms. The number of imidazole rings is 2. The predicted molar refractivity (Wildman–Crippen MR) is 197 cm³/mol. The number of carbonyl (C=O) groups is 2. The maximum atomic E-state index is 13.7. The Morgan fingerprint density at radius 2 is 1.00 bits per heavy atom. The molecule has 3 heterocycles. The number of aromatic nitrogens is 6. The van der Waals surface area contributed by atoms with Gasteiger partial charge in [-0.2, -0.15) is 0 Å². The summed E-state index contributed by atoms with van der Waals surface area (Å²) in [6.07, 6.45) is 6.22. The summed E-state index contributed by atoms with van der Waals surface area (Å²) in [4.78, 5) is 51.3. The molecule has 1 aromatic carbocycles. The standard InChI is InChI=1S/C40H50F4N8O2/c1-37(2,3)31(51-35(53)25-11-15-39(41,42)16-12-25)33-47-20-28(49-33)24-9-7-23(8-10-24)27-19-46-29(21-45-27)30-22-48-34(50-30)32(38(4,5)6)52-36(54)26-13-17-40(43,44)18-14-26/h7-10,19-22,25-26,31-32H,11-18H2,1-6H3,(H,47,49)(H,48,50)(H,51,53)(H,52,54). The van der Waals surface area contributed by atoms with Crippen LogP contribution in [-0.4, -0.2) is 53.6 Å². The molecule has 2 unspecified atom stereocenters. The molecule has 10 nitrogen and oxygen atoms in total. The number of nitrogens with zero attached hydrogens (tertiary/aromatic N) is 4. The Morgan fingerprint density at radius 3 is 1.43 bits per heavy atom. The van der Waals surface area contributed by atoms with Crippen molar-refractivity contribution >= 4 is 11.8 Å². The van der Waals surface area contributed by atoms with E-state index in [1.165, 1.54) is 0 Å². The van der Waals surface area contributed by atoms with Crippen LogP contribution in [-0.2, 0) is 9.59 Å². The monoisotopic (exact) mass is 750 g/mol. The topological polar surface area (TPSA) is 141 Å². The van der Waals surface area contributed by atoms with Gasteiger partial charge in [0.25, 0.3) is 0 Å². The molecular weight excluding hydrogens is 700 g/mol. The van der Waals surface area contributed by atoms with Crippen molar-refractivity contribution in [3.63, 3.8) is 0 Å². The maximum Gasteiger partial charge on any atom is 0.248 e. The van der Waals surface area contributed by atoms with E-state index in [4.69, 9.17) is 0 Å². The minimum Gasteiger partial charge on any atom is -0.345 e. The highest BCUT2D eigenvalue weighted by Gasteiger charge is 2.41. The fourth-order valence-corrected chi connectivity index (χ4v) is 7.20. The lowest BCUT2D eigenvalue weighted by molar-refractivity contribution is -0.131. The first kappa shape index (κ1) is 39.1. The number of H-pyrrole nitrogens is 2. The highest BCUT2D eigenvalue weighted by atomic mass is 19.3. The summed E-state index contributed by atoms with van der Waals surface area (Å²) in [6.45, 7) is 11.9. The third-order valence-corrected chi connectivity index (χ3v) is 10.6. The van der Waals surface area contributed by atoms with Gasteiger partial charge in [-0.3, -0.25) is 19.6 Å². The second-order valence-electron chi connectivity index (χ2n) is 17.1. The maximum absolute atomic E-state index is 13.7. The molecule has 2 aliphatic rings. The smallest absolute Gasteiger partial charge is 0.248 e. The van der Waals surface area contributed by atoms with Crippen LogP contribution in [0.25, 0.3) is 33.9 Å². The number of hydrogen-bond donors (Lipinski definition) is 4. The molecule has 4 aromatic rings. The van der Waals surface area contributed by atoms with Crippen LogP contribution in [0.3, 0.4) is 0 Å². The number of rotatable bonds is 9. The number of carbonyl (C=O) groups excluding carboxylic acids is 2. The molecule has 0 spiro atoms. The normalized spacial score (nSPS) is 19.2. The molecule has 2 aliphatic carbocycles. The van der Waals surface area contributed by atoms with Gasteiger partial charge in [0.2, 0.25) is 23.7 Å². The average molecular weight is 751 g/mol. The van der Waals surface area contributed by atoms with Crippen LogP contribution in [0, 0.1) is 22.7 Å². The molecule has 0 aliphatic heterocycles.